The maximum absolute atomic E-state index is 12.8. The van der Waals surface area contributed by atoms with E-state index in [0.717, 1.165) is 32.5 Å². The number of carboxylic acids is 2. The Kier molecular flexibility index (Phi) is 11.6. The van der Waals surface area contributed by atoms with Crippen molar-refractivity contribution in [2.24, 2.45) is 0 Å². The number of nitrogens with zero attached hydrogens (tertiary/aromatic N) is 1. The van der Waals surface area contributed by atoms with Crippen LogP contribution in [0.15, 0.2) is 54.6 Å². The van der Waals surface area contributed by atoms with Crippen LogP contribution < -0.4 is 15.4 Å². The van der Waals surface area contributed by atoms with Gasteiger partial charge in [0, 0.05) is 50.8 Å². The molecule has 0 spiro atoms. The summed E-state index contributed by atoms with van der Waals surface area (Å²) in [5, 5.41) is 21.6. The second-order valence-electron chi connectivity index (χ2n) is 8.23. The third-order valence-corrected chi connectivity index (χ3v) is 5.70. The predicted molar refractivity (Wildman–Crippen MR) is 139 cm³/mol. The third kappa shape index (κ3) is 10.3. The van der Waals surface area contributed by atoms with Crippen LogP contribution in [-0.4, -0.2) is 65.1 Å². The Labute approximate surface area is 219 Å². The Morgan fingerprint density at radius 2 is 1.65 bits per heavy atom. The number of benzene rings is 2. The van der Waals surface area contributed by atoms with Crippen LogP contribution in [0.2, 0.25) is 5.02 Å². The summed E-state index contributed by atoms with van der Waals surface area (Å²) in [7, 11) is 1.49. The number of carboxylic acid groups (broad SMARTS) is 2. The summed E-state index contributed by atoms with van der Waals surface area (Å²) >= 11 is 6.23. The number of piperidine rings is 1. The Morgan fingerprint density at radius 3 is 2.16 bits per heavy atom. The number of hydrogen-bond donors (Lipinski definition) is 4. The van der Waals surface area contributed by atoms with E-state index in [1.165, 1.54) is 25.7 Å². The van der Waals surface area contributed by atoms with E-state index in [0.29, 0.717) is 34.2 Å². The van der Waals surface area contributed by atoms with Gasteiger partial charge >= 0.3 is 11.9 Å². The number of amides is 2. The minimum absolute atomic E-state index is 0.105. The van der Waals surface area contributed by atoms with E-state index in [1.807, 2.05) is 6.07 Å². The fourth-order valence-electron chi connectivity index (χ4n) is 3.67. The quantitative estimate of drug-likeness (QED) is 0.379. The van der Waals surface area contributed by atoms with Crippen LogP contribution in [0.3, 0.4) is 0 Å². The molecule has 0 unspecified atom stereocenters. The maximum atomic E-state index is 12.8. The average molecular weight is 532 g/mol. The molecule has 3 rings (SSSR count). The molecule has 1 heterocycles. The molecule has 11 heteroatoms. The fraction of sp³-hybridized carbons (Fsp3) is 0.308. The zero-order valence-corrected chi connectivity index (χ0v) is 21.3. The van der Waals surface area contributed by atoms with E-state index in [9.17, 15) is 19.2 Å². The molecule has 4 N–H and O–H groups in total. The fourth-order valence-corrected chi connectivity index (χ4v) is 3.88. The van der Waals surface area contributed by atoms with Gasteiger partial charge in [-0.05, 0) is 24.5 Å². The number of nitrogens with one attached hydrogen (secondary N) is 2. The minimum atomic E-state index is -1.26. The molecule has 0 radical (unpaired) electrons. The number of aliphatic carboxylic acids is 2. The zero-order valence-electron chi connectivity index (χ0n) is 20.6. The molecule has 37 heavy (non-hydrogen) atoms. The number of hydrogen-bond acceptors (Lipinski definition) is 6. The van der Waals surface area contributed by atoms with E-state index in [-0.39, 0.29) is 17.9 Å². The number of methoxy groups -OCH3 is 1. The molecule has 2 aromatic carbocycles. The molecule has 2 amide bonds. The van der Waals surface area contributed by atoms with Crippen molar-refractivity contribution in [2.45, 2.75) is 32.4 Å². The van der Waals surface area contributed by atoms with E-state index in [2.05, 4.69) is 39.8 Å². The number of anilines is 1. The summed E-state index contributed by atoms with van der Waals surface area (Å²) in [6.07, 6.45) is 2.89. The lowest BCUT2D eigenvalue weighted by molar-refractivity contribution is -0.134. The van der Waals surface area contributed by atoms with E-state index in [4.69, 9.17) is 26.6 Å². The minimum Gasteiger partial charge on any atom is -0.496 e. The Hall–Kier alpha value is -3.89. The van der Waals surface area contributed by atoms with Crippen molar-refractivity contribution in [3.05, 3.63) is 70.8 Å². The smallest absolute Gasteiger partial charge is 0.328 e. The molecule has 1 aliphatic heterocycles. The van der Waals surface area contributed by atoms with Gasteiger partial charge in [-0.25, -0.2) is 9.59 Å². The maximum Gasteiger partial charge on any atom is 0.328 e. The molecule has 0 aromatic heterocycles. The number of carbonyl (C=O) groups excluding carboxylic acids is 2. The van der Waals surface area contributed by atoms with Crippen molar-refractivity contribution in [3.63, 3.8) is 0 Å². The summed E-state index contributed by atoms with van der Waals surface area (Å²) in [5.41, 5.74) is 2.08. The zero-order chi connectivity index (χ0) is 27.4. The lowest BCUT2D eigenvalue weighted by atomic mass is 10.0. The van der Waals surface area contributed by atoms with Crippen LogP contribution in [0.25, 0.3) is 0 Å². The molecular formula is C26H30ClN3O7. The van der Waals surface area contributed by atoms with Crippen LogP contribution in [0.1, 0.15) is 35.7 Å². The molecule has 0 aliphatic carbocycles. The van der Waals surface area contributed by atoms with Crippen LogP contribution in [0, 0.1) is 0 Å². The number of ether oxygens (including phenoxy) is 1. The predicted octanol–water partition coefficient (Wildman–Crippen LogP) is 3.41. The summed E-state index contributed by atoms with van der Waals surface area (Å²) in [4.78, 5) is 45.6. The molecule has 1 fully saturated rings. The molecule has 0 atom stereocenters. The van der Waals surface area contributed by atoms with Gasteiger partial charge < -0.3 is 25.6 Å². The highest BCUT2D eigenvalue weighted by atomic mass is 35.5. The first-order chi connectivity index (χ1) is 17.6. The summed E-state index contributed by atoms with van der Waals surface area (Å²) in [6.45, 7) is 4.18. The molecule has 1 saturated heterocycles. The van der Waals surface area contributed by atoms with E-state index < -0.39 is 11.9 Å². The van der Waals surface area contributed by atoms with E-state index in [1.54, 1.807) is 6.07 Å². The first-order valence-corrected chi connectivity index (χ1v) is 11.8. The van der Waals surface area contributed by atoms with E-state index >= 15 is 0 Å². The molecule has 1 aliphatic rings. The second kappa shape index (κ2) is 14.6. The molecule has 2 aromatic rings. The van der Waals surface area contributed by atoms with Gasteiger partial charge in [0.15, 0.2) is 0 Å². The normalized spacial score (nSPS) is 13.8. The standard InChI is InChI=1S/C22H26ClN3O3.C4H4O4/c1-15(27)24-20-13-21(29-2)18(12-19(20)23)22(28)25-17-8-10-26(11-9-17)14-16-6-4-3-5-7-16;5-3(6)1-2-4(7)8/h3-7,12-13,17H,8-11,14H2,1-2H3,(H,24,27)(H,25,28);1-2H,(H,5,6)(H,7,8)/b;2-1+. The SMILES string of the molecule is COc1cc(NC(C)=O)c(Cl)cc1C(=O)NC1CCN(Cc2ccccc2)CC1.O=C(O)/C=C/C(=O)O. The molecule has 10 nitrogen and oxygen atoms in total. The number of halogens is 1. The topological polar surface area (TPSA) is 145 Å². The Balaban J connectivity index is 0.000000521. The molecule has 0 saturated carbocycles. The lowest BCUT2D eigenvalue weighted by Crippen LogP contribution is -2.44. The molecule has 0 bridgehead atoms. The van der Waals surface area contributed by atoms with Crippen molar-refractivity contribution in [1.82, 2.24) is 10.2 Å². The highest BCUT2D eigenvalue weighted by Crippen LogP contribution is 2.31. The first-order valence-electron chi connectivity index (χ1n) is 11.4. The monoisotopic (exact) mass is 531 g/mol. The largest absolute Gasteiger partial charge is 0.496 e. The van der Waals surface area contributed by atoms with Crippen molar-refractivity contribution < 1.29 is 34.1 Å². The number of rotatable bonds is 8. The Bertz CT molecular complexity index is 1110. The van der Waals surface area contributed by atoms with Crippen LogP contribution >= 0.6 is 11.6 Å². The summed E-state index contributed by atoms with van der Waals surface area (Å²) in [5.74, 6) is -2.61. The van der Waals surface area contributed by atoms with Crippen LogP contribution in [-0.2, 0) is 20.9 Å². The molecule has 198 valence electrons. The number of carbonyl (C=O) groups is 4. The van der Waals surface area contributed by atoms with Gasteiger partial charge in [-0.15, -0.1) is 0 Å². The summed E-state index contributed by atoms with van der Waals surface area (Å²) < 4.78 is 5.34. The van der Waals surface area contributed by atoms with Gasteiger partial charge in [-0.1, -0.05) is 41.9 Å². The average Bonchev–Trinajstić information content (AvgIpc) is 2.85. The highest BCUT2D eigenvalue weighted by Gasteiger charge is 2.23. The highest BCUT2D eigenvalue weighted by molar-refractivity contribution is 6.34. The van der Waals surface area contributed by atoms with Gasteiger partial charge in [0.05, 0.1) is 23.4 Å². The van der Waals surface area contributed by atoms with Crippen molar-refractivity contribution in [3.8, 4) is 5.75 Å². The van der Waals surface area contributed by atoms with Gasteiger partial charge in [0.2, 0.25) is 5.91 Å². The van der Waals surface area contributed by atoms with Crippen molar-refractivity contribution in [1.29, 1.82) is 0 Å². The Morgan fingerprint density at radius 1 is 1.05 bits per heavy atom. The van der Waals surface area contributed by atoms with Crippen molar-refractivity contribution in [2.75, 3.05) is 25.5 Å². The van der Waals surface area contributed by atoms with Gasteiger partial charge in [-0.3, -0.25) is 14.5 Å². The van der Waals surface area contributed by atoms with Crippen LogP contribution in [0.5, 0.6) is 5.75 Å². The van der Waals surface area contributed by atoms with Crippen molar-refractivity contribution >= 4 is 41.0 Å². The third-order valence-electron chi connectivity index (χ3n) is 5.38. The second-order valence-corrected chi connectivity index (χ2v) is 8.64. The van der Waals surface area contributed by atoms with Gasteiger partial charge in [0.1, 0.15) is 5.75 Å². The van der Waals surface area contributed by atoms with Gasteiger partial charge in [-0.2, -0.15) is 0 Å². The first kappa shape index (κ1) is 29.3. The lowest BCUT2D eigenvalue weighted by Gasteiger charge is -2.32. The molecular weight excluding hydrogens is 502 g/mol. The van der Waals surface area contributed by atoms with Crippen LogP contribution in [0.4, 0.5) is 5.69 Å². The number of likely N-dealkylation sites (tertiary alicyclic amines) is 1. The van der Waals surface area contributed by atoms with Gasteiger partial charge in [0.25, 0.3) is 5.91 Å². The summed E-state index contributed by atoms with van der Waals surface area (Å²) in [6, 6.07) is 13.6.